The summed E-state index contributed by atoms with van der Waals surface area (Å²) in [6, 6.07) is 2.37. The Hall–Kier alpha value is -1.21. The zero-order valence-electron chi connectivity index (χ0n) is 15.2. The molecule has 0 spiro atoms. The smallest absolute Gasteiger partial charge is 0.159 e. The number of fused-ring (bicyclic) bond motifs is 1. The molecule has 0 atom stereocenters. The molecule has 0 aromatic carbocycles. The number of pyridine rings is 1. The second-order valence-corrected chi connectivity index (χ2v) is 7.23. The highest BCUT2D eigenvalue weighted by atomic mass is 35.5. The van der Waals surface area contributed by atoms with Gasteiger partial charge in [0.15, 0.2) is 5.65 Å². The molecule has 1 aliphatic heterocycles. The molecule has 0 radical (unpaired) electrons. The van der Waals surface area contributed by atoms with Crippen molar-refractivity contribution < 1.29 is 4.74 Å². The Morgan fingerprint density at radius 1 is 1.28 bits per heavy atom. The van der Waals surface area contributed by atoms with Crippen LogP contribution in [0.1, 0.15) is 38.3 Å². The van der Waals surface area contributed by atoms with Crippen molar-refractivity contribution in [3.63, 3.8) is 0 Å². The number of hydrogen-bond donors (Lipinski definition) is 1. The van der Waals surface area contributed by atoms with Crippen LogP contribution >= 0.6 is 11.6 Å². The van der Waals surface area contributed by atoms with Crippen molar-refractivity contribution in [2.75, 3.05) is 39.4 Å². The van der Waals surface area contributed by atoms with Crippen molar-refractivity contribution in [3.05, 3.63) is 23.0 Å². The molecule has 0 saturated carbocycles. The van der Waals surface area contributed by atoms with E-state index >= 15 is 0 Å². The maximum absolute atomic E-state index is 6.37. The summed E-state index contributed by atoms with van der Waals surface area (Å²) in [5.74, 6) is 0. The minimum atomic E-state index is 0.275. The number of aromatic nitrogens is 3. The topological polar surface area (TPSA) is 55.2 Å². The van der Waals surface area contributed by atoms with Gasteiger partial charge in [0.1, 0.15) is 5.15 Å². The highest BCUT2D eigenvalue weighted by Gasteiger charge is 2.12. The quantitative estimate of drug-likeness (QED) is 0.576. The molecule has 1 fully saturated rings. The first-order valence-corrected chi connectivity index (χ1v) is 9.56. The SMILES string of the molecule is CC(C)n1ncc2cc(CNCCCCN3CCOCC3)c(Cl)nc21. The maximum Gasteiger partial charge on any atom is 0.159 e. The predicted molar refractivity (Wildman–Crippen MR) is 101 cm³/mol. The molecular weight excluding hydrogens is 338 g/mol. The molecule has 0 aliphatic carbocycles. The van der Waals surface area contributed by atoms with Crippen LogP contribution in [0.4, 0.5) is 0 Å². The number of halogens is 1. The number of nitrogens with zero attached hydrogens (tertiary/aromatic N) is 4. The van der Waals surface area contributed by atoms with Crippen molar-refractivity contribution in [2.45, 2.75) is 39.3 Å². The number of hydrogen-bond acceptors (Lipinski definition) is 5. The number of unbranched alkanes of at least 4 members (excludes halogenated alkanes) is 1. The molecule has 138 valence electrons. The average Bonchev–Trinajstić information content (AvgIpc) is 3.01. The zero-order chi connectivity index (χ0) is 17.6. The molecule has 1 aliphatic rings. The summed E-state index contributed by atoms with van der Waals surface area (Å²) in [6.45, 7) is 11.0. The molecule has 7 heteroatoms. The minimum Gasteiger partial charge on any atom is -0.379 e. The number of morpholine rings is 1. The fourth-order valence-corrected chi connectivity index (χ4v) is 3.34. The van der Waals surface area contributed by atoms with E-state index in [2.05, 4.69) is 40.2 Å². The fourth-order valence-electron chi connectivity index (χ4n) is 3.13. The van der Waals surface area contributed by atoms with Gasteiger partial charge in [0.05, 0.1) is 19.4 Å². The van der Waals surface area contributed by atoms with Gasteiger partial charge >= 0.3 is 0 Å². The lowest BCUT2D eigenvalue weighted by atomic mass is 10.2. The standard InChI is InChI=1S/C18H28ClN5O/c1-14(2)24-18-16(13-21-24)11-15(17(19)22-18)12-20-5-3-4-6-23-7-9-25-10-8-23/h11,13-14,20H,3-10,12H2,1-2H3. The van der Waals surface area contributed by atoms with Crippen LogP contribution in [0.15, 0.2) is 12.3 Å². The Kier molecular flexibility index (Phi) is 6.64. The summed E-state index contributed by atoms with van der Waals surface area (Å²) in [6.07, 6.45) is 4.24. The van der Waals surface area contributed by atoms with E-state index in [0.29, 0.717) is 5.15 Å². The third kappa shape index (κ3) is 4.91. The van der Waals surface area contributed by atoms with E-state index in [-0.39, 0.29) is 6.04 Å². The van der Waals surface area contributed by atoms with Gasteiger partial charge in [-0.3, -0.25) is 4.90 Å². The first kappa shape index (κ1) is 18.6. The van der Waals surface area contributed by atoms with E-state index in [1.165, 1.54) is 6.42 Å². The summed E-state index contributed by atoms with van der Waals surface area (Å²) in [4.78, 5) is 7.02. The van der Waals surface area contributed by atoms with Gasteiger partial charge in [-0.1, -0.05) is 11.6 Å². The van der Waals surface area contributed by atoms with E-state index in [0.717, 1.165) is 69.0 Å². The number of ether oxygens (including phenoxy) is 1. The van der Waals surface area contributed by atoms with Gasteiger partial charge in [-0.15, -0.1) is 0 Å². The summed E-state index contributed by atoms with van der Waals surface area (Å²) < 4.78 is 7.28. The normalized spacial score (nSPS) is 16.2. The van der Waals surface area contributed by atoms with Crippen LogP contribution in [0.25, 0.3) is 11.0 Å². The third-order valence-corrected chi connectivity index (χ3v) is 4.91. The molecule has 0 amide bonds. The average molecular weight is 366 g/mol. The van der Waals surface area contributed by atoms with Crippen LogP contribution in [-0.2, 0) is 11.3 Å². The molecule has 0 bridgehead atoms. The van der Waals surface area contributed by atoms with E-state index in [1.807, 2.05) is 10.9 Å². The van der Waals surface area contributed by atoms with Gasteiger partial charge < -0.3 is 10.1 Å². The van der Waals surface area contributed by atoms with E-state index < -0.39 is 0 Å². The van der Waals surface area contributed by atoms with Crippen LogP contribution in [-0.4, -0.2) is 59.1 Å². The molecule has 1 N–H and O–H groups in total. The second-order valence-electron chi connectivity index (χ2n) is 6.87. The second kappa shape index (κ2) is 8.94. The summed E-state index contributed by atoms with van der Waals surface area (Å²) >= 11 is 6.37. The minimum absolute atomic E-state index is 0.275. The Morgan fingerprint density at radius 2 is 2.08 bits per heavy atom. The monoisotopic (exact) mass is 365 g/mol. The lowest BCUT2D eigenvalue weighted by Gasteiger charge is -2.26. The van der Waals surface area contributed by atoms with Crippen LogP contribution in [0.2, 0.25) is 5.15 Å². The molecular formula is C18H28ClN5O. The predicted octanol–water partition coefficient (Wildman–Crippen LogP) is 2.87. The van der Waals surface area contributed by atoms with Gasteiger partial charge in [0.25, 0.3) is 0 Å². The zero-order valence-corrected chi connectivity index (χ0v) is 15.9. The summed E-state index contributed by atoms with van der Waals surface area (Å²) in [5, 5.41) is 9.49. The van der Waals surface area contributed by atoms with Crippen LogP contribution in [0.3, 0.4) is 0 Å². The molecule has 6 nitrogen and oxygen atoms in total. The van der Waals surface area contributed by atoms with Crippen LogP contribution in [0.5, 0.6) is 0 Å². The maximum atomic E-state index is 6.37. The first-order valence-electron chi connectivity index (χ1n) is 9.18. The first-order chi connectivity index (χ1) is 12.1. The van der Waals surface area contributed by atoms with Gasteiger partial charge in [0.2, 0.25) is 0 Å². The Bertz CT molecular complexity index is 681. The Morgan fingerprint density at radius 3 is 2.84 bits per heavy atom. The van der Waals surface area contributed by atoms with Crippen LogP contribution < -0.4 is 5.32 Å². The van der Waals surface area contributed by atoms with Crippen molar-refractivity contribution in [1.82, 2.24) is 25.0 Å². The Labute approximate surface area is 154 Å². The van der Waals surface area contributed by atoms with E-state index in [1.54, 1.807) is 0 Å². The third-order valence-electron chi connectivity index (χ3n) is 4.58. The highest BCUT2D eigenvalue weighted by molar-refractivity contribution is 6.30. The summed E-state index contributed by atoms with van der Waals surface area (Å²) in [5.41, 5.74) is 1.89. The molecule has 0 unspecified atom stereocenters. The number of nitrogens with one attached hydrogen (secondary N) is 1. The molecule has 2 aromatic rings. The molecule has 25 heavy (non-hydrogen) atoms. The van der Waals surface area contributed by atoms with Crippen molar-refractivity contribution in [3.8, 4) is 0 Å². The lowest BCUT2D eigenvalue weighted by molar-refractivity contribution is 0.0372. The molecule has 1 saturated heterocycles. The van der Waals surface area contributed by atoms with Gasteiger partial charge in [-0.2, -0.15) is 5.10 Å². The molecule has 2 aromatic heterocycles. The van der Waals surface area contributed by atoms with Crippen molar-refractivity contribution in [1.29, 1.82) is 0 Å². The largest absolute Gasteiger partial charge is 0.379 e. The van der Waals surface area contributed by atoms with Gasteiger partial charge in [0, 0.05) is 36.6 Å². The van der Waals surface area contributed by atoms with Crippen molar-refractivity contribution >= 4 is 22.6 Å². The Balaban J connectivity index is 1.44. The van der Waals surface area contributed by atoms with E-state index in [4.69, 9.17) is 16.3 Å². The number of rotatable bonds is 8. The summed E-state index contributed by atoms with van der Waals surface area (Å²) in [7, 11) is 0. The molecule has 3 rings (SSSR count). The molecule has 3 heterocycles. The van der Waals surface area contributed by atoms with Crippen LogP contribution in [0, 0.1) is 0 Å². The van der Waals surface area contributed by atoms with E-state index in [9.17, 15) is 0 Å². The van der Waals surface area contributed by atoms with Gasteiger partial charge in [-0.05, 0) is 45.8 Å². The lowest BCUT2D eigenvalue weighted by Crippen LogP contribution is -2.37. The van der Waals surface area contributed by atoms with Crippen molar-refractivity contribution in [2.24, 2.45) is 0 Å². The fraction of sp³-hybridized carbons (Fsp3) is 0.667. The van der Waals surface area contributed by atoms with Gasteiger partial charge in [-0.25, -0.2) is 9.67 Å². The highest BCUT2D eigenvalue weighted by Crippen LogP contribution is 2.22.